The van der Waals surface area contributed by atoms with Crippen LogP contribution in [0.2, 0.25) is 0 Å². The maximum atomic E-state index is 8.88. The van der Waals surface area contributed by atoms with E-state index in [9.17, 15) is 0 Å². The molecule has 1 fully saturated rings. The summed E-state index contributed by atoms with van der Waals surface area (Å²) in [6, 6.07) is 17.8. The number of pyridine rings is 1. The number of morpholine rings is 1. The van der Waals surface area contributed by atoms with E-state index in [1.54, 1.807) is 12.1 Å². The van der Waals surface area contributed by atoms with Crippen molar-refractivity contribution in [1.29, 1.82) is 5.26 Å². The first-order valence-corrected chi connectivity index (χ1v) is 9.09. The van der Waals surface area contributed by atoms with Gasteiger partial charge in [0.1, 0.15) is 12.4 Å². The summed E-state index contributed by atoms with van der Waals surface area (Å²) in [5.41, 5.74) is 4.82. The van der Waals surface area contributed by atoms with Crippen LogP contribution in [0.5, 0.6) is 5.75 Å². The van der Waals surface area contributed by atoms with Gasteiger partial charge in [-0.15, -0.1) is 12.4 Å². The Hall–Kier alpha value is -2.81. The van der Waals surface area contributed by atoms with Crippen LogP contribution in [0.4, 0.5) is 5.69 Å². The normalized spacial score (nSPS) is 13.6. The SMILES string of the molecule is Cc1cc(N2CCOCC2)c2ccc(OCc3ccc(C#N)cc3)cc2n1.Cl. The minimum absolute atomic E-state index is 0. The molecular weight excluding hydrogens is 374 g/mol. The first-order valence-electron chi connectivity index (χ1n) is 9.09. The van der Waals surface area contributed by atoms with Crippen LogP contribution in [0.1, 0.15) is 16.8 Å². The Balaban J connectivity index is 0.00000225. The summed E-state index contributed by atoms with van der Waals surface area (Å²) >= 11 is 0. The average Bonchev–Trinajstić information content (AvgIpc) is 2.72. The summed E-state index contributed by atoms with van der Waals surface area (Å²) < 4.78 is 11.4. The monoisotopic (exact) mass is 395 g/mol. The molecule has 0 amide bonds. The van der Waals surface area contributed by atoms with E-state index in [2.05, 4.69) is 23.1 Å². The molecule has 3 aromatic rings. The van der Waals surface area contributed by atoms with Gasteiger partial charge in [0.25, 0.3) is 0 Å². The van der Waals surface area contributed by atoms with Gasteiger partial charge in [0.15, 0.2) is 0 Å². The third-order valence-corrected chi connectivity index (χ3v) is 4.73. The van der Waals surface area contributed by atoms with Gasteiger partial charge in [0.2, 0.25) is 0 Å². The van der Waals surface area contributed by atoms with Crippen molar-refractivity contribution in [2.45, 2.75) is 13.5 Å². The van der Waals surface area contributed by atoms with E-state index in [1.807, 2.05) is 31.2 Å². The van der Waals surface area contributed by atoms with Crippen molar-refractivity contribution in [3.8, 4) is 11.8 Å². The molecule has 0 spiro atoms. The molecule has 1 saturated heterocycles. The van der Waals surface area contributed by atoms with E-state index in [0.29, 0.717) is 12.2 Å². The van der Waals surface area contributed by atoms with Gasteiger partial charge in [0.05, 0.1) is 30.4 Å². The van der Waals surface area contributed by atoms with Gasteiger partial charge in [0, 0.05) is 35.9 Å². The fraction of sp³-hybridized carbons (Fsp3) is 0.273. The second-order valence-electron chi connectivity index (χ2n) is 6.66. The summed E-state index contributed by atoms with van der Waals surface area (Å²) in [7, 11) is 0. The minimum Gasteiger partial charge on any atom is -0.489 e. The molecule has 0 radical (unpaired) electrons. The van der Waals surface area contributed by atoms with Crippen molar-refractivity contribution >= 4 is 29.0 Å². The zero-order valence-corrected chi connectivity index (χ0v) is 16.5. The number of hydrogen-bond donors (Lipinski definition) is 0. The molecule has 1 aliphatic heterocycles. The molecule has 4 rings (SSSR count). The Morgan fingerprint density at radius 2 is 1.86 bits per heavy atom. The number of rotatable bonds is 4. The fourth-order valence-electron chi connectivity index (χ4n) is 3.32. The largest absolute Gasteiger partial charge is 0.489 e. The predicted molar refractivity (Wildman–Crippen MR) is 112 cm³/mol. The second-order valence-corrected chi connectivity index (χ2v) is 6.66. The molecule has 2 heterocycles. The smallest absolute Gasteiger partial charge is 0.122 e. The van der Waals surface area contributed by atoms with Crippen LogP contribution < -0.4 is 9.64 Å². The van der Waals surface area contributed by atoms with Crippen molar-refractivity contribution in [2.24, 2.45) is 0 Å². The number of anilines is 1. The number of halogens is 1. The Kier molecular flexibility index (Phi) is 6.35. The highest BCUT2D eigenvalue weighted by Crippen LogP contribution is 2.30. The fourth-order valence-corrected chi connectivity index (χ4v) is 3.32. The van der Waals surface area contributed by atoms with Crippen LogP contribution in [0.25, 0.3) is 10.9 Å². The molecule has 5 nitrogen and oxygen atoms in total. The summed E-state index contributed by atoms with van der Waals surface area (Å²) in [5, 5.41) is 10.0. The summed E-state index contributed by atoms with van der Waals surface area (Å²) in [5.74, 6) is 0.790. The summed E-state index contributed by atoms with van der Waals surface area (Å²) in [4.78, 5) is 7.05. The van der Waals surface area contributed by atoms with Crippen LogP contribution in [0.15, 0.2) is 48.5 Å². The second kappa shape index (κ2) is 8.92. The number of benzene rings is 2. The van der Waals surface area contributed by atoms with E-state index < -0.39 is 0 Å². The molecule has 0 saturated carbocycles. The molecule has 0 N–H and O–H groups in total. The predicted octanol–water partition coefficient (Wildman–Crippen LogP) is 4.25. The Morgan fingerprint density at radius 1 is 1.11 bits per heavy atom. The van der Waals surface area contributed by atoms with E-state index in [-0.39, 0.29) is 12.4 Å². The number of aryl methyl sites for hydroxylation is 1. The van der Waals surface area contributed by atoms with Crippen LogP contribution in [0.3, 0.4) is 0 Å². The lowest BCUT2D eigenvalue weighted by Gasteiger charge is -2.30. The number of ether oxygens (including phenoxy) is 2. The lowest BCUT2D eigenvalue weighted by molar-refractivity contribution is 0.123. The standard InChI is InChI=1S/C22H21N3O2.ClH/c1-16-12-22(25-8-10-26-11-9-25)20-7-6-19(13-21(20)24-16)27-15-18-4-2-17(14-23)3-5-18;/h2-7,12-13H,8-11,15H2,1H3;1H. The van der Waals surface area contributed by atoms with Crippen molar-refractivity contribution in [3.63, 3.8) is 0 Å². The van der Waals surface area contributed by atoms with Gasteiger partial charge in [-0.25, -0.2) is 0 Å². The zero-order valence-electron chi connectivity index (χ0n) is 15.7. The van der Waals surface area contributed by atoms with Gasteiger partial charge < -0.3 is 14.4 Å². The van der Waals surface area contributed by atoms with E-state index >= 15 is 0 Å². The minimum atomic E-state index is 0. The van der Waals surface area contributed by atoms with Crippen molar-refractivity contribution < 1.29 is 9.47 Å². The Labute approximate surface area is 170 Å². The van der Waals surface area contributed by atoms with Crippen LogP contribution >= 0.6 is 12.4 Å². The van der Waals surface area contributed by atoms with Crippen molar-refractivity contribution in [1.82, 2.24) is 4.98 Å². The highest BCUT2D eigenvalue weighted by atomic mass is 35.5. The molecule has 0 unspecified atom stereocenters. The Bertz CT molecular complexity index is 993. The third-order valence-electron chi connectivity index (χ3n) is 4.73. The number of aromatic nitrogens is 1. The molecule has 1 aromatic heterocycles. The number of nitrogens with zero attached hydrogens (tertiary/aromatic N) is 3. The van der Waals surface area contributed by atoms with Crippen LogP contribution in [0, 0.1) is 18.3 Å². The molecule has 6 heteroatoms. The molecule has 28 heavy (non-hydrogen) atoms. The molecule has 1 aliphatic rings. The molecular formula is C22H22ClN3O2. The maximum absolute atomic E-state index is 8.88. The van der Waals surface area contributed by atoms with Gasteiger partial charge in [-0.3, -0.25) is 4.98 Å². The lowest BCUT2D eigenvalue weighted by atomic mass is 10.1. The molecule has 0 aliphatic carbocycles. The highest BCUT2D eigenvalue weighted by molar-refractivity contribution is 5.92. The van der Waals surface area contributed by atoms with Gasteiger partial charge in [-0.1, -0.05) is 12.1 Å². The van der Waals surface area contributed by atoms with Crippen LogP contribution in [-0.4, -0.2) is 31.3 Å². The number of nitriles is 1. The Morgan fingerprint density at radius 3 is 2.57 bits per heavy atom. The van der Waals surface area contributed by atoms with Gasteiger partial charge >= 0.3 is 0 Å². The summed E-state index contributed by atoms with van der Waals surface area (Å²) in [6.45, 7) is 5.79. The third kappa shape index (κ3) is 4.36. The number of fused-ring (bicyclic) bond motifs is 1. The average molecular weight is 396 g/mol. The molecule has 0 atom stereocenters. The number of hydrogen-bond acceptors (Lipinski definition) is 5. The first kappa shape index (κ1) is 19.9. The highest BCUT2D eigenvalue weighted by Gasteiger charge is 2.15. The zero-order chi connectivity index (χ0) is 18.6. The van der Waals surface area contributed by atoms with E-state index in [4.69, 9.17) is 19.7 Å². The first-order chi connectivity index (χ1) is 13.2. The molecule has 0 bridgehead atoms. The van der Waals surface area contributed by atoms with Gasteiger partial charge in [-0.05, 0) is 42.8 Å². The molecule has 144 valence electrons. The van der Waals surface area contributed by atoms with Gasteiger partial charge in [-0.2, -0.15) is 5.26 Å². The quantitative estimate of drug-likeness (QED) is 0.660. The van der Waals surface area contributed by atoms with E-state index in [1.165, 1.54) is 5.69 Å². The van der Waals surface area contributed by atoms with Crippen molar-refractivity contribution in [2.75, 3.05) is 31.2 Å². The topological polar surface area (TPSA) is 58.4 Å². The maximum Gasteiger partial charge on any atom is 0.122 e. The van der Waals surface area contributed by atoms with E-state index in [0.717, 1.165) is 54.2 Å². The lowest BCUT2D eigenvalue weighted by Crippen LogP contribution is -2.36. The van der Waals surface area contributed by atoms with Crippen LogP contribution in [-0.2, 0) is 11.3 Å². The summed E-state index contributed by atoms with van der Waals surface area (Å²) in [6.07, 6.45) is 0. The van der Waals surface area contributed by atoms with Crippen molar-refractivity contribution in [3.05, 3.63) is 65.4 Å². The molecule has 2 aromatic carbocycles.